The summed E-state index contributed by atoms with van der Waals surface area (Å²) in [5, 5.41) is 0. The predicted molar refractivity (Wildman–Crippen MR) is 67.5 cm³/mol. The Morgan fingerprint density at radius 3 is 2.22 bits per heavy atom. The van der Waals surface area contributed by atoms with Crippen LogP contribution >= 0.6 is 15.9 Å². The van der Waals surface area contributed by atoms with Crippen molar-refractivity contribution in [3.63, 3.8) is 0 Å². The van der Waals surface area contributed by atoms with Gasteiger partial charge in [-0.1, -0.05) is 22.9 Å². The number of hydrogen-bond donors (Lipinski definition) is 0. The van der Waals surface area contributed by atoms with Crippen LogP contribution in [0.4, 0.5) is 13.2 Å². The fourth-order valence-corrected chi connectivity index (χ4v) is 2.88. The average Bonchev–Trinajstić information content (AvgIpc) is 2.26. The highest BCUT2D eigenvalue weighted by molar-refractivity contribution is 9.09. The molecule has 0 aromatic rings. The van der Waals surface area contributed by atoms with Crippen LogP contribution in [0.2, 0.25) is 0 Å². The van der Waals surface area contributed by atoms with E-state index in [0.717, 1.165) is 0 Å². The fraction of sp³-hybridized carbons (Fsp3) is 0.917. The number of amides is 1. The van der Waals surface area contributed by atoms with E-state index in [2.05, 4.69) is 15.9 Å². The van der Waals surface area contributed by atoms with Gasteiger partial charge in [0.05, 0.1) is 5.92 Å². The highest BCUT2D eigenvalue weighted by atomic mass is 79.9. The molecule has 0 N–H and O–H groups in total. The molecule has 1 unspecified atom stereocenters. The number of alkyl halides is 4. The van der Waals surface area contributed by atoms with Crippen LogP contribution in [-0.4, -0.2) is 35.4 Å². The van der Waals surface area contributed by atoms with E-state index in [1.165, 1.54) is 0 Å². The van der Waals surface area contributed by atoms with Gasteiger partial charge in [0, 0.05) is 24.3 Å². The molecule has 0 spiro atoms. The summed E-state index contributed by atoms with van der Waals surface area (Å²) in [4.78, 5) is 13.8. The monoisotopic (exact) mass is 329 g/mol. The minimum atomic E-state index is -4.11. The number of hydrogen-bond acceptors (Lipinski definition) is 1. The Morgan fingerprint density at radius 1 is 1.33 bits per heavy atom. The normalized spacial score (nSPS) is 26.8. The molecule has 1 amide bonds. The molecule has 0 bridgehead atoms. The first kappa shape index (κ1) is 15.8. The topological polar surface area (TPSA) is 20.3 Å². The quantitative estimate of drug-likeness (QED) is 0.724. The summed E-state index contributed by atoms with van der Waals surface area (Å²) in [6, 6.07) is 0. The van der Waals surface area contributed by atoms with E-state index in [1.54, 1.807) is 11.9 Å². The Morgan fingerprint density at radius 2 is 1.83 bits per heavy atom. The van der Waals surface area contributed by atoms with Gasteiger partial charge in [-0.2, -0.15) is 13.2 Å². The van der Waals surface area contributed by atoms with Crippen LogP contribution < -0.4 is 0 Å². The van der Waals surface area contributed by atoms with Gasteiger partial charge < -0.3 is 4.90 Å². The molecule has 6 heteroatoms. The molecule has 18 heavy (non-hydrogen) atoms. The number of halogens is 4. The van der Waals surface area contributed by atoms with Gasteiger partial charge in [0.15, 0.2) is 0 Å². The van der Waals surface area contributed by atoms with Crippen molar-refractivity contribution in [1.82, 2.24) is 4.90 Å². The lowest BCUT2D eigenvalue weighted by molar-refractivity contribution is -0.185. The van der Waals surface area contributed by atoms with Crippen LogP contribution in [-0.2, 0) is 4.79 Å². The van der Waals surface area contributed by atoms with Crippen molar-refractivity contribution in [1.29, 1.82) is 0 Å². The molecule has 1 rings (SSSR count). The Kier molecular flexibility index (Phi) is 5.49. The fourth-order valence-electron chi connectivity index (χ4n) is 2.45. The van der Waals surface area contributed by atoms with Gasteiger partial charge in [0.25, 0.3) is 0 Å². The van der Waals surface area contributed by atoms with E-state index in [0.29, 0.717) is 19.4 Å². The molecule has 0 aliphatic heterocycles. The van der Waals surface area contributed by atoms with Crippen molar-refractivity contribution in [2.45, 2.75) is 43.6 Å². The Labute approximate surface area is 114 Å². The molecule has 0 aromatic heterocycles. The Balaban J connectivity index is 2.45. The largest absolute Gasteiger partial charge is 0.391 e. The maximum atomic E-state index is 12.5. The molecule has 1 fully saturated rings. The van der Waals surface area contributed by atoms with Crippen LogP contribution in [0.25, 0.3) is 0 Å². The van der Waals surface area contributed by atoms with Crippen LogP contribution in [0.3, 0.4) is 0 Å². The van der Waals surface area contributed by atoms with E-state index >= 15 is 0 Å². The van der Waals surface area contributed by atoms with Crippen molar-refractivity contribution in [2.75, 3.05) is 13.6 Å². The second kappa shape index (κ2) is 6.26. The third-order valence-electron chi connectivity index (χ3n) is 3.44. The highest BCUT2D eigenvalue weighted by Crippen LogP contribution is 2.39. The number of rotatable bonds is 3. The summed E-state index contributed by atoms with van der Waals surface area (Å²) in [6.45, 7) is 2.52. The van der Waals surface area contributed by atoms with Gasteiger partial charge in [0.2, 0.25) is 5.91 Å². The molecule has 0 saturated heterocycles. The van der Waals surface area contributed by atoms with Crippen molar-refractivity contribution in [3.8, 4) is 0 Å². The average molecular weight is 330 g/mol. The molecule has 0 aromatic carbocycles. The summed E-state index contributed by atoms with van der Waals surface area (Å²) >= 11 is 3.36. The van der Waals surface area contributed by atoms with Gasteiger partial charge in [-0.25, -0.2) is 0 Å². The van der Waals surface area contributed by atoms with Gasteiger partial charge in [-0.15, -0.1) is 0 Å². The molecule has 2 nitrogen and oxygen atoms in total. The number of carbonyl (C=O) groups excluding carboxylic acids is 1. The first-order valence-electron chi connectivity index (χ1n) is 6.17. The van der Waals surface area contributed by atoms with E-state index in [1.807, 2.05) is 6.92 Å². The Bertz CT molecular complexity index is 286. The maximum absolute atomic E-state index is 12.5. The minimum Gasteiger partial charge on any atom is -0.344 e. The third-order valence-corrected chi connectivity index (χ3v) is 3.73. The summed E-state index contributed by atoms with van der Waals surface area (Å²) < 4.78 is 37.5. The first-order chi connectivity index (χ1) is 8.21. The van der Waals surface area contributed by atoms with E-state index in [4.69, 9.17) is 0 Å². The lowest BCUT2D eigenvalue weighted by Crippen LogP contribution is -2.39. The van der Waals surface area contributed by atoms with E-state index in [-0.39, 0.29) is 29.5 Å². The maximum Gasteiger partial charge on any atom is 0.391 e. The summed E-state index contributed by atoms with van der Waals surface area (Å²) in [5.74, 6) is -1.48. The van der Waals surface area contributed by atoms with Crippen LogP contribution in [0.5, 0.6) is 0 Å². The van der Waals surface area contributed by atoms with Gasteiger partial charge in [-0.05, 0) is 25.7 Å². The van der Waals surface area contributed by atoms with Crippen LogP contribution in [0, 0.1) is 11.8 Å². The molecule has 1 aliphatic rings. The molecular formula is C12H19BrF3NO. The molecule has 1 atom stereocenters. The van der Waals surface area contributed by atoms with E-state index in [9.17, 15) is 18.0 Å². The molecule has 0 radical (unpaired) electrons. The molecule has 1 saturated carbocycles. The summed E-state index contributed by atoms with van der Waals surface area (Å²) in [6.07, 6.45) is -3.24. The Hall–Kier alpha value is -0.260. The molecule has 1 aliphatic carbocycles. The summed E-state index contributed by atoms with van der Waals surface area (Å²) in [5.41, 5.74) is 0. The summed E-state index contributed by atoms with van der Waals surface area (Å²) in [7, 11) is 1.70. The van der Waals surface area contributed by atoms with Crippen molar-refractivity contribution in [2.24, 2.45) is 11.8 Å². The zero-order valence-electron chi connectivity index (χ0n) is 10.6. The number of carbonyl (C=O) groups is 1. The first-order valence-corrected chi connectivity index (χ1v) is 7.09. The van der Waals surface area contributed by atoms with Crippen molar-refractivity contribution >= 4 is 21.8 Å². The smallest absolute Gasteiger partial charge is 0.344 e. The second-order valence-corrected chi connectivity index (χ2v) is 6.65. The minimum absolute atomic E-state index is 0.0260. The standard InChI is InChI=1S/C12H19BrF3NO/c1-8(13)7-17(2)11(18)9-3-5-10(6-4-9)12(14,15)16/h8-10H,3-7H2,1-2H3. The van der Waals surface area contributed by atoms with Gasteiger partial charge >= 0.3 is 6.18 Å². The van der Waals surface area contributed by atoms with Gasteiger partial charge in [0.1, 0.15) is 0 Å². The predicted octanol–water partition coefficient (Wildman–Crippen LogP) is 3.60. The van der Waals surface area contributed by atoms with Crippen LogP contribution in [0.1, 0.15) is 32.6 Å². The second-order valence-electron chi connectivity index (χ2n) is 5.09. The lowest BCUT2D eigenvalue weighted by Gasteiger charge is -2.31. The third kappa shape index (κ3) is 4.44. The van der Waals surface area contributed by atoms with Crippen LogP contribution in [0.15, 0.2) is 0 Å². The number of nitrogens with zero attached hydrogens (tertiary/aromatic N) is 1. The zero-order valence-corrected chi connectivity index (χ0v) is 12.2. The molecule has 0 heterocycles. The zero-order chi connectivity index (χ0) is 13.9. The SMILES string of the molecule is CC(Br)CN(C)C(=O)C1CCC(C(F)(F)F)CC1. The molecule has 106 valence electrons. The van der Waals surface area contributed by atoms with Crippen molar-refractivity contribution in [3.05, 3.63) is 0 Å². The van der Waals surface area contributed by atoms with E-state index < -0.39 is 12.1 Å². The molecular weight excluding hydrogens is 311 g/mol. The van der Waals surface area contributed by atoms with Gasteiger partial charge in [-0.3, -0.25) is 4.79 Å². The van der Waals surface area contributed by atoms with Crippen molar-refractivity contribution < 1.29 is 18.0 Å². The lowest BCUT2D eigenvalue weighted by atomic mass is 9.81. The highest BCUT2D eigenvalue weighted by Gasteiger charge is 2.42.